The molecule has 4 heteroatoms. The summed E-state index contributed by atoms with van der Waals surface area (Å²) in [6.45, 7) is 2.92. The number of methoxy groups -OCH3 is 1. The van der Waals surface area contributed by atoms with Gasteiger partial charge in [-0.1, -0.05) is 48.5 Å². The quantitative estimate of drug-likeness (QED) is 0.370. The van der Waals surface area contributed by atoms with Crippen molar-refractivity contribution in [2.75, 3.05) is 19.0 Å². The Kier molecular flexibility index (Phi) is 5.28. The monoisotopic (exact) mass is 425 g/mol. The molecular weight excluding hydrogens is 401 g/mol. The molecule has 32 heavy (non-hydrogen) atoms. The van der Waals surface area contributed by atoms with Gasteiger partial charge in [-0.25, -0.2) is 4.39 Å². The number of ether oxygens (including phenoxy) is 2. The first-order valence-electron chi connectivity index (χ1n) is 10.8. The van der Waals surface area contributed by atoms with E-state index in [0.717, 1.165) is 57.1 Å². The third-order valence-corrected chi connectivity index (χ3v) is 5.81. The molecule has 0 saturated carbocycles. The third-order valence-electron chi connectivity index (χ3n) is 5.81. The van der Waals surface area contributed by atoms with Crippen molar-refractivity contribution in [2.24, 2.45) is 0 Å². The van der Waals surface area contributed by atoms with Crippen LogP contribution < -0.4 is 14.8 Å². The summed E-state index contributed by atoms with van der Waals surface area (Å²) in [6.07, 6.45) is -0.424. The summed E-state index contributed by atoms with van der Waals surface area (Å²) in [5, 5.41) is 3.44. The zero-order chi connectivity index (χ0) is 22.1. The fourth-order valence-corrected chi connectivity index (χ4v) is 4.41. The lowest BCUT2D eigenvalue weighted by Crippen LogP contribution is -2.16. The molecule has 0 fully saturated rings. The Morgan fingerprint density at radius 1 is 0.906 bits per heavy atom. The summed E-state index contributed by atoms with van der Waals surface area (Å²) >= 11 is 0. The van der Waals surface area contributed by atoms with E-state index in [1.807, 2.05) is 36.4 Å². The molecule has 160 valence electrons. The molecule has 1 aliphatic rings. The van der Waals surface area contributed by atoms with Gasteiger partial charge in [0.15, 0.2) is 0 Å². The van der Waals surface area contributed by atoms with E-state index in [1.54, 1.807) is 19.2 Å². The van der Waals surface area contributed by atoms with E-state index in [0.29, 0.717) is 0 Å². The number of hydrogen-bond donors (Lipinski definition) is 1. The highest BCUT2D eigenvalue weighted by Crippen LogP contribution is 2.50. The molecule has 0 saturated heterocycles. The molecule has 1 N–H and O–H groups in total. The average molecular weight is 426 g/mol. The Morgan fingerprint density at radius 3 is 2.56 bits per heavy atom. The second-order valence-corrected chi connectivity index (χ2v) is 7.76. The Hall–Kier alpha value is -3.79. The highest BCUT2D eigenvalue weighted by molar-refractivity contribution is 5.86. The molecule has 4 aromatic carbocycles. The largest absolute Gasteiger partial charge is 0.496 e. The Bertz CT molecular complexity index is 1280. The number of fused-ring (bicyclic) bond motifs is 3. The van der Waals surface area contributed by atoms with Crippen LogP contribution >= 0.6 is 0 Å². The number of anilines is 1. The van der Waals surface area contributed by atoms with Crippen LogP contribution in [0.4, 0.5) is 10.1 Å². The molecule has 0 spiro atoms. The second kappa shape index (κ2) is 8.39. The van der Waals surface area contributed by atoms with Gasteiger partial charge >= 0.3 is 0 Å². The Balaban J connectivity index is 1.73. The van der Waals surface area contributed by atoms with Crippen LogP contribution in [0.2, 0.25) is 0 Å². The number of nitrogens with one attached hydrogen (secondary N) is 1. The van der Waals surface area contributed by atoms with Gasteiger partial charge in [0.05, 0.1) is 12.7 Å². The number of benzene rings is 4. The highest BCUT2D eigenvalue weighted by Gasteiger charge is 2.30. The summed E-state index contributed by atoms with van der Waals surface area (Å²) in [6, 6.07) is 27.0. The third kappa shape index (κ3) is 3.48. The molecule has 0 radical (unpaired) electrons. The van der Waals surface area contributed by atoms with Gasteiger partial charge in [-0.2, -0.15) is 0 Å². The van der Waals surface area contributed by atoms with Crippen molar-refractivity contribution in [2.45, 2.75) is 13.0 Å². The molecule has 0 bridgehead atoms. The van der Waals surface area contributed by atoms with Gasteiger partial charge in [-0.3, -0.25) is 0 Å². The number of rotatable bonds is 5. The van der Waals surface area contributed by atoms with Crippen molar-refractivity contribution in [3.63, 3.8) is 0 Å². The van der Waals surface area contributed by atoms with Gasteiger partial charge in [-0.15, -0.1) is 0 Å². The molecule has 3 nitrogen and oxygen atoms in total. The highest BCUT2D eigenvalue weighted by atomic mass is 19.1. The van der Waals surface area contributed by atoms with Crippen LogP contribution in [0.1, 0.15) is 24.2 Å². The van der Waals surface area contributed by atoms with Gasteiger partial charge in [-0.05, 0) is 60.0 Å². The van der Waals surface area contributed by atoms with Crippen LogP contribution in [0.25, 0.3) is 22.3 Å². The molecule has 5 rings (SSSR count). The van der Waals surface area contributed by atoms with E-state index in [9.17, 15) is 4.39 Å². The first-order chi connectivity index (χ1) is 15.7. The van der Waals surface area contributed by atoms with Crippen LogP contribution in [0.3, 0.4) is 0 Å². The Labute approximate surface area is 187 Å². The van der Waals surface area contributed by atoms with Gasteiger partial charge < -0.3 is 14.8 Å². The maximum atomic E-state index is 14.1. The summed E-state index contributed by atoms with van der Waals surface area (Å²) in [5.74, 6) is 1.20. The molecule has 0 aromatic heterocycles. The van der Waals surface area contributed by atoms with Crippen molar-refractivity contribution in [1.82, 2.24) is 0 Å². The van der Waals surface area contributed by atoms with Crippen molar-refractivity contribution < 1.29 is 13.9 Å². The lowest BCUT2D eigenvalue weighted by atomic mass is 9.86. The van der Waals surface area contributed by atoms with E-state index in [-0.39, 0.29) is 5.82 Å². The topological polar surface area (TPSA) is 30.5 Å². The summed E-state index contributed by atoms with van der Waals surface area (Å²) in [7, 11) is 1.66. The first-order valence-corrected chi connectivity index (χ1v) is 10.8. The average Bonchev–Trinajstić information content (AvgIpc) is 2.83. The van der Waals surface area contributed by atoms with Crippen LogP contribution in [0, 0.1) is 5.82 Å². The molecule has 1 unspecified atom stereocenters. The van der Waals surface area contributed by atoms with Crippen molar-refractivity contribution >= 4 is 5.69 Å². The van der Waals surface area contributed by atoms with Crippen molar-refractivity contribution in [1.29, 1.82) is 0 Å². The Morgan fingerprint density at radius 2 is 1.75 bits per heavy atom. The van der Waals surface area contributed by atoms with Gasteiger partial charge in [0, 0.05) is 23.4 Å². The SMILES string of the molecule is CCNc1ccccc1-c1ccc2c(c1)C(c1cccc(F)c1)Oc1cccc(OC)c1-2. The van der Waals surface area contributed by atoms with Crippen molar-refractivity contribution in [3.8, 4) is 33.8 Å². The lowest BCUT2D eigenvalue weighted by Gasteiger charge is -2.30. The molecule has 0 amide bonds. The van der Waals surface area contributed by atoms with Gasteiger partial charge in [0.1, 0.15) is 23.4 Å². The van der Waals surface area contributed by atoms with E-state index < -0.39 is 6.10 Å². The first kappa shape index (κ1) is 20.1. The maximum Gasteiger partial charge on any atom is 0.150 e. The van der Waals surface area contributed by atoms with Gasteiger partial charge in [0.2, 0.25) is 0 Å². The number of para-hydroxylation sites is 1. The number of hydrogen-bond acceptors (Lipinski definition) is 3. The van der Waals surface area contributed by atoms with Crippen molar-refractivity contribution in [3.05, 3.63) is 102 Å². The van der Waals surface area contributed by atoms with Crippen LogP contribution in [0.5, 0.6) is 11.5 Å². The maximum absolute atomic E-state index is 14.1. The molecule has 1 heterocycles. The fraction of sp³-hybridized carbons (Fsp3) is 0.143. The second-order valence-electron chi connectivity index (χ2n) is 7.76. The summed E-state index contributed by atoms with van der Waals surface area (Å²) in [5.41, 5.74) is 6.97. The predicted octanol–water partition coefficient (Wildman–Crippen LogP) is 7.08. The molecule has 4 aromatic rings. The minimum atomic E-state index is -0.424. The summed E-state index contributed by atoms with van der Waals surface area (Å²) in [4.78, 5) is 0. The molecule has 1 aliphatic heterocycles. The van der Waals surface area contributed by atoms with E-state index in [4.69, 9.17) is 9.47 Å². The van der Waals surface area contributed by atoms with E-state index >= 15 is 0 Å². The van der Waals surface area contributed by atoms with Crippen LogP contribution in [-0.4, -0.2) is 13.7 Å². The predicted molar refractivity (Wildman–Crippen MR) is 127 cm³/mol. The van der Waals surface area contributed by atoms with E-state index in [2.05, 4.69) is 42.6 Å². The smallest absolute Gasteiger partial charge is 0.150 e. The van der Waals surface area contributed by atoms with Gasteiger partial charge in [0.25, 0.3) is 0 Å². The van der Waals surface area contributed by atoms with Crippen LogP contribution in [-0.2, 0) is 0 Å². The lowest BCUT2D eigenvalue weighted by molar-refractivity contribution is 0.241. The minimum absolute atomic E-state index is 0.280. The molecule has 1 atom stereocenters. The minimum Gasteiger partial charge on any atom is -0.496 e. The molecule has 0 aliphatic carbocycles. The summed E-state index contributed by atoms with van der Waals surface area (Å²) < 4.78 is 26.2. The zero-order valence-electron chi connectivity index (χ0n) is 18.1. The fourth-order valence-electron chi connectivity index (χ4n) is 4.41. The number of halogens is 1. The molecular formula is C28H24FNO2. The standard InChI is InChI=1S/C28H24FNO2/c1-3-30-24-11-5-4-10-21(24)18-14-15-22-23(17-18)28(19-8-6-9-20(29)16-19)32-26-13-7-12-25(31-2)27(22)26/h4-17,28,30H,3H2,1-2H3. The van der Waals surface area contributed by atoms with E-state index in [1.165, 1.54) is 6.07 Å². The van der Waals surface area contributed by atoms with Crippen LogP contribution in [0.15, 0.2) is 84.9 Å². The zero-order valence-corrected chi connectivity index (χ0v) is 18.1. The normalized spacial score (nSPS) is 14.2.